The second kappa shape index (κ2) is 8.19. The monoisotopic (exact) mass is 329 g/mol. The first-order valence-electron chi connectivity index (χ1n) is 7.99. The molecule has 0 fully saturated rings. The number of esters is 1. The molecule has 24 heavy (non-hydrogen) atoms. The maximum absolute atomic E-state index is 12.2. The van der Waals surface area contributed by atoms with E-state index in [1.54, 1.807) is 31.1 Å². The van der Waals surface area contributed by atoms with Crippen LogP contribution in [-0.4, -0.2) is 35.5 Å². The third-order valence-electron chi connectivity index (χ3n) is 3.63. The van der Waals surface area contributed by atoms with Crippen molar-refractivity contribution in [1.29, 1.82) is 0 Å². The second-order valence-electron chi connectivity index (χ2n) is 5.48. The number of aromatic amines is 1. The van der Waals surface area contributed by atoms with Crippen LogP contribution in [0.25, 0.3) is 0 Å². The SMILES string of the molecule is CCOC(=O)c1cc(NC(=O)N(C)Cc2ccc(CC)cc2)c[nH]1. The molecule has 128 valence electrons. The predicted octanol–water partition coefficient (Wildman–Crippen LogP) is 3.42. The van der Waals surface area contributed by atoms with Gasteiger partial charge in [-0.2, -0.15) is 0 Å². The summed E-state index contributed by atoms with van der Waals surface area (Å²) in [4.78, 5) is 28.2. The van der Waals surface area contributed by atoms with Crippen molar-refractivity contribution in [3.8, 4) is 0 Å². The van der Waals surface area contributed by atoms with Crippen molar-refractivity contribution >= 4 is 17.7 Å². The Morgan fingerprint density at radius 3 is 2.46 bits per heavy atom. The molecule has 0 aliphatic rings. The fourth-order valence-corrected chi connectivity index (χ4v) is 2.24. The number of nitrogens with zero attached hydrogens (tertiary/aromatic N) is 1. The molecule has 0 aliphatic carbocycles. The number of carbonyl (C=O) groups is 2. The molecule has 6 heteroatoms. The van der Waals surface area contributed by atoms with E-state index in [9.17, 15) is 9.59 Å². The maximum Gasteiger partial charge on any atom is 0.354 e. The number of nitrogens with one attached hydrogen (secondary N) is 2. The highest BCUT2D eigenvalue weighted by Gasteiger charge is 2.13. The summed E-state index contributed by atoms with van der Waals surface area (Å²) < 4.78 is 4.90. The van der Waals surface area contributed by atoms with Gasteiger partial charge in [-0.25, -0.2) is 9.59 Å². The number of rotatable bonds is 6. The molecule has 0 radical (unpaired) electrons. The van der Waals surface area contributed by atoms with Gasteiger partial charge in [-0.15, -0.1) is 0 Å². The fraction of sp³-hybridized carbons (Fsp3) is 0.333. The summed E-state index contributed by atoms with van der Waals surface area (Å²) in [5, 5.41) is 2.75. The van der Waals surface area contributed by atoms with Gasteiger partial charge in [0.05, 0.1) is 12.3 Å². The predicted molar refractivity (Wildman–Crippen MR) is 93.1 cm³/mol. The average Bonchev–Trinajstić information content (AvgIpc) is 3.04. The minimum Gasteiger partial charge on any atom is -0.461 e. The topological polar surface area (TPSA) is 74.4 Å². The van der Waals surface area contributed by atoms with Gasteiger partial charge in [0.2, 0.25) is 0 Å². The molecule has 1 aromatic carbocycles. The van der Waals surface area contributed by atoms with Crippen LogP contribution in [0.4, 0.5) is 10.5 Å². The van der Waals surface area contributed by atoms with Gasteiger partial charge in [0, 0.05) is 19.8 Å². The number of ether oxygens (including phenoxy) is 1. The van der Waals surface area contributed by atoms with Gasteiger partial charge in [0.25, 0.3) is 0 Å². The number of hydrogen-bond acceptors (Lipinski definition) is 3. The first-order chi connectivity index (χ1) is 11.5. The lowest BCUT2D eigenvalue weighted by Gasteiger charge is -2.17. The van der Waals surface area contributed by atoms with Crippen LogP contribution in [0.2, 0.25) is 0 Å². The summed E-state index contributed by atoms with van der Waals surface area (Å²) in [6.07, 6.45) is 2.56. The number of urea groups is 1. The van der Waals surface area contributed by atoms with E-state index >= 15 is 0 Å². The van der Waals surface area contributed by atoms with E-state index in [1.165, 1.54) is 5.56 Å². The van der Waals surface area contributed by atoms with Crippen LogP contribution in [0.15, 0.2) is 36.5 Å². The summed E-state index contributed by atoms with van der Waals surface area (Å²) in [5.74, 6) is -0.442. The van der Waals surface area contributed by atoms with Crippen molar-refractivity contribution in [2.45, 2.75) is 26.8 Å². The van der Waals surface area contributed by atoms with E-state index in [4.69, 9.17) is 4.74 Å². The van der Waals surface area contributed by atoms with Crippen LogP contribution in [0.1, 0.15) is 35.5 Å². The van der Waals surface area contributed by atoms with Gasteiger partial charge in [-0.1, -0.05) is 31.2 Å². The molecule has 2 aromatic rings. The third kappa shape index (κ3) is 4.62. The van der Waals surface area contributed by atoms with Crippen molar-refractivity contribution in [1.82, 2.24) is 9.88 Å². The molecular weight excluding hydrogens is 306 g/mol. The summed E-state index contributed by atoms with van der Waals surface area (Å²) in [6.45, 7) is 4.66. The standard InChI is InChI=1S/C18H23N3O3/c1-4-13-6-8-14(9-7-13)12-21(3)18(23)20-15-10-16(19-11-15)17(22)24-5-2/h6-11,19H,4-5,12H2,1-3H3,(H,20,23). The lowest BCUT2D eigenvalue weighted by molar-refractivity contribution is 0.0520. The minimum atomic E-state index is -0.442. The number of carbonyl (C=O) groups excluding carboxylic acids is 2. The second-order valence-corrected chi connectivity index (χ2v) is 5.48. The Morgan fingerprint density at radius 2 is 1.83 bits per heavy atom. The first kappa shape index (κ1) is 17.6. The first-order valence-corrected chi connectivity index (χ1v) is 7.99. The Bertz CT molecular complexity index is 692. The van der Waals surface area contributed by atoms with E-state index < -0.39 is 5.97 Å². The molecular formula is C18H23N3O3. The summed E-state index contributed by atoms with van der Waals surface area (Å²) in [7, 11) is 1.72. The molecule has 0 unspecified atom stereocenters. The zero-order chi connectivity index (χ0) is 17.5. The highest BCUT2D eigenvalue weighted by molar-refractivity contribution is 5.93. The number of benzene rings is 1. The fourth-order valence-electron chi connectivity index (χ4n) is 2.24. The molecule has 1 aromatic heterocycles. The summed E-state index contributed by atoms with van der Waals surface area (Å²) in [5.41, 5.74) is 3.16. The highest BCUT2D eigenvalue weighted by atomic mass is 16.5. The Hall–Kier alpha value is -2.76. The molecule has 2 rings (SSSR count). The molecule has 0 atom stereocenters. The number of hydrogen-bond donors (Lipinski definition) is 2. The molecule has 0 aliphatic heterocycles. The molecule has 6 nitrogen and oxygen atoms in total. The Labute approximate surface area is 141 Å². The van der Waals surface area contributed by atoms with Crippen molar-refractivity contribution < 1.29 is 14.3 Å². The van der Waals surface area contributed by atoms with Crippen molar-refractivity contribution in [3.05, 3.63) is 53.3 Å². The van der Waals surface area contributed by atoms with E-state index in [1.807, 2.05) is 12.1 Å². The van der Waals surface area contributed by atoms with Gasteiger partial charge < -0.3 is 19.9 Å². The van der Waals surface area contributed by atoms with Crippen LogP contribution < -0.4 is 5.32 Å². The Morgan fingerprint density at radius 1 is 1.17 bits per heavy atom. The summed E-state index contributed by atoms with van der Waals surface area (Å²) in [6, 6.07) is 9.50. The molecule has 0 saturated heterocycles. The molecule has 1 heterocycles. The average molecular weight is 329 g/mol. The van der Waals surface area contributed by atoms with E-state index in [0.717, 1.165) is 12.0 Å². The van der Waals surface area contributed by atoms with Crippen molar-refractivity contribution in [2.75, 3.05) is 19.0 Å². The van der Waals surface area contributed by atoms with Crippen LogP contribution in [-0.2, 0) is 17.7 Å². The lowest BCUT2D eigenvalue weighted by atomic mass is 10.1. The van der Waals surface area contributed by atoms with Crippen LogP contribution in [0.3, 0.4) is 0 Å². The van der Waals surface area contributed by atoms with Gasteiger partial charge >= 0.3 is 12.0 Å². The van der Waals surface area contributed by atoms with E-state index in [0.29, 0.717) is 24.5 Å². The molecule has 0 bridgehead atoms. The van der Waals surface area contributed by atoms with Gasteiger partial charge in [0.1, 0.15) is 5.69 Å². The highest BCUT2D eigenvalue weighted by Crippen LogP contribution is 2.13. The number of anilines is 1. The van der Waals surface area contributed by atoms with Crippen molar-refractivity contribution in [2.24, 2.45) is 0 Å². The number of aromatic nitrogens is 1. The van der Waals surface area contributed by atoms with E-state index in [2.05, 4.69) is 29.4 Å². The zero-order valence-corrected chi connectivity index (χ0v) is 14.3. The number of aryl methyl sites for hydroxylation is 1. The third-order valence-corrected chi connectivity index (χ3v) is 3.63. The van der Waals surface area contributed by atoms with Crippen LogP contribution in [0.5, 0.6) is 0 Å². The smallest absolute Gasteiger partial charge is 0.354 e. The largest absolute Gasteiger partial charge is 0.461 e. The minimum absolute atomic E-state index is 0.246. The van der Waals surface area contributed by atoms with Crippen molar-refractivity contribution in [3.63, 3.8) is 0 Å². The molecule has 2 N–H and O–H groups in total. The van der Waals surface area contributed by atoms with Gasteiger partial charge in [-0.3, -0.25) is 0 Å². The lowest BCUT2D eigenvalue weighted by Crippen LogP contribution is -2.30. The summed E-state index contributed by atoms with van der Waals surface area (Å²) >= 11 is 0. The number of amides is 2. The molecule has 0 saturated carbocycles. The quantitative estimate of drug-likeness (QED) is 0.798. The Kier molecular flexibility index (Phi) is 6.01. The van der Waals surface area contributed by atoms with Crippen LogP contribution >= 0.6 is 0 Å². The van der Waals surface area contributed by atoms with Crippen LogP contribution in [0, 0.1) is 0 Å². The zero-order valence-electron chi connectivity index (χ0n) is 14.3. The Balaban J connectivity index is 1.92. The maximum atomic E-state index is 12.2. The molecule has 2 amide bonds. The van der Waals surface area contributed by atoms with Gasteiger partial charge in [0.15, 0.2) is 0 Å². The number of H-pyrrole nitrogens is 1. The van der Waals surface area contributed by atoms with E-state index in [-0.39, 0.29) is 6.03 Å². The van der Waals surface area contributed by atoms with Gasteiger partial charge in [-0.05, 0) is 30.5 Å². The molecule has 0 spiro atoms. The normalized spacial score (nSPS) is 10.3.